The van der Waals surface area contributed by atoms with Gasteiger partial charge >= 0.3 is 10.1 Å². The van der Waals surface area contributed by atoms with Gasteiger partial charge in [-0.15, -0.1) is 10.3 Å². The first-order valence-corrected chi connectivity index (χ1v) is 17.3. The molecule has 10 heteroatoms. The highest BCUT2D eigenvalue weighted by Crippen LogP contribution is 2.54. The zero-order valence-corrected chi connectivity index (χ0v) is 24.3. The van der Waals surface area contributed by atoms with Crippen molar-refractivity contribution in [1.82, 2.24) is 0 Å². The third kappa shape index (κ3) is 11.0. The lowest BCUT2D eigenvalue weighted by Crippen LogP contribution is -2.23. The molecule has 1 aromatic carbocycles. The van der Waals surface area contributed by atoms with Crippen LogP contribution in [-0.2, 0) is 13.7 Å². The van der Waals surface area contributed by atoms with Crippen LogP contribution in [0.3, 0.4) is 0 Å². The van der Waals surface area contributed by atoms with Gasteiger partial charge in [0.2, 0.25) is 5.82 Å². The highest BCUT2D eigenvalue weighted by Gasteiger charge is 2.39. The molecule has 0 heterocycles. The van der Waals surface area contributed by atoms with Gasteiger partial charge in [0.25, 0.3) is 0 Å². The van der Waals surface area contributed by atoms with Gasteiger partial charge in [-0.1, -0.05) is 97.8 Å². The molecule has 0 spiro atoms. The largest absolute Gasteiger partial charge is 0.312 e. The third-order valence-corrected chi connectivity index (χ3v) is 12.3. The summed E-state index contributed by atoms with van der Waals surface area (Å²) in [5, 5.41) is 0. The van der Waals surface area contributed by atoms with Gasteiger partial charge in [0.15, 0.2) is 28.2 Å². The summed E-state index contributed by atoms with van der Waals surface area (Å²) in [5.41, 5.74) is 0. The molecule has 0 aliphatic rings. The second-order valence-corrected chi connectivity index (χ2v) is 14.8. The Hall–Kier alpha value is -0.870. The van der Waals surface area contributed by atoms with Crippen molar-refractivity contribution >= 4 is 20.4 Å². The average Bonchev–Trinajstić information content (AvgIpc) is 2.85. The topological polar surface area (TPSA) is 43.4 Å². The molecule has 1 aromatic rings. The lowest BCUT2D eigenvalue weighted by molar-refractivity contribution is 0.353. The van der Waals surface area contributed by atoms with Crippen LogP contribution in [0.1, 0.15) is 117 Å². The molecule has 0 N–H and O–H groups in total. The normalized spacial score (nSPS) is 12.9. The molecule has 0 fully saturated rings. The Morgan fingerprint density at radius 1 is 0.486 bits per heavy atom. The number of hydrogen-bond donors (Lipinski definition) is 0. The molecule has 37 heavy (non-hydrogen) atoms. The minimum absolute atomic E-state index is 0.424. The van der Waals surface area contributed by atoms with Crippen molar-refractivity contribution in [2.24, 2.45) is 0 Å². The molecule has 0 aliphatic carbocycles. The van der Waals surface area contributed by atoms with Crippen molar-refractivity contribution < 1.29 is 34.0 Å². The zero-order chi connectivity index (χ0) is 27.9. The van der Waals surface area contributed by atoms with Crippen molar-refractivity contribution in [3.8, 4) is 0 Å². The molecular weight excluding hydrogens is 531 g/mol. The van der Waals surface area contributed by atoms with E-state index in [9.17, 15) is 30.4 Å². The maximum atomic E-state index is 14.5. The quantitative estimate of drug-likeness (QED) is 0.0633. The molecule has 0 amide bonds. The Morgan fingerprint density at radius 3 is 1.11 bits per heavy atom. The maximum absolute atomic E-state index is 14.5. The van der Waals surface area contributed by atoms with Gasteiger partial charge in [-0.2, -0.15) is 8.42 Å². The summed E-state index contributed by atoms with van der Waals surface area (Å²) in [6.07, 6.45) is 13.8. The van der Waals surface area contributed by atoms with Gasteiger partial charge in [0, 0.05) is 17.3 Å². The highest BCUT2D eigenvalue weighted by atomic mass is 32.3. The second-order valence-electron chi connectivity index (χ2n) is 9.74. The minimum Gasteiger partial charge on any atom is -0.216 e. The molecule has 0 saturated heterocycles. The monoisotopic (exact) mass is 576 g/mol. The van der Waals surface area contributed by atoms with E-state index in [0.29, 0.717) is 36.5 Å². The van der Waals surface area contributed by atoms with Crippen molar-refractivity contribution in [3.63, 3.8) is 0 Å². The molecule has 3 nitrogen and oxygen atoms in total. The van der Waals surface area contributed by atoms with E-state index in [2.05, 4.69) is 20.8 Å². The maximum Gasteiger partial charge on any atom is 0.312 e. The summed E-state index contributed by atoms with van der Waals surface area (Å²) in [7, 11) is -7.64. The standard InChI is InChI=1S/C27H45F5O3S2/c1-4-7-10-13-16-19-36(20-17-14-11-8-5-2,21-18-15-12-9-6-3)35-37(33,34)27-25(31)23(29)22(28)24(30)26(27)32/h4-21H2,1-3H3. The van der Waals surface area contributed by atoms with Gasteiger partial charge in [-0.05, 0) is 19.3 Å². The molecule has 0 bridgehead atoms. The Morgan fingerprint density at radius 2 is 0.784 bits per heavy atom. The summed E-state index contributed by atoms with van der Waals surface area (Å²) >= 11 is 0. The van der Waals surface area contributed by atoms with Crippen LogP contribution in [0.2, 0.25) is 0 Å². The molecule has 0 radical (unpaired) electrons. The molecule has 0 atom stereocenters. The van der Waals surface area contributed by atoms with Crippen molar-refractivity contribution in [1.29, 1.82) is 0 Å². The number of hydrogen-bond acceptors (Lipinski definition) is 3. The number of unbranched alkanes of at least 4 members (excludes halogenated alkanes) is 12. The van der Waals surface area contributed by atoms with E-state index < -0.39 is 54.4 Å². The van der Waals surface area contributed by atoms with E-state index in [4.69, 9.17) is 3.63 Å². The third-order valence-electron chi connectivity index (χ3n) is 6.51. The molecule has 218 valence electrons. The smallest absolute Gasteiger partial charge is 0.216 e. The Labute approximate surface area is 222 Å². The summed E-state index contributed by atoms with van der Waals surface area (Å²) in [5.74, 6) is -10.5. The van der Waals surface area contributed by atoms with Crippen LogP contribution >= 0.6 is 10.3 Å². The van der Waals surface area contributed by atoms with Crippen LogP contribution in [0, 0.1) is 29.1 Å². The predicted octanol–water partition coefficient (Wildman–Crippen LogP) is 9.72. The van der Waals surface area contributed by atoms with Crippen molar-refractivity contribution in [2.75, 3.05) is 17.3 Å². The predicted molar refractivity (Wildman–Crippen MR) is 143 cm³/mol. The minimum atomic E-state index is -5.24. The first kappa shape index (κ1) is 34.2. The average molecular weight is 577 g/mol. The number of benzene rings is 1. The van der Waals surface area contributed by atoms with Crippen LogP contribution in [0.25, 0.3) is 0 Å². The van der Waals surface area contributed by atoms with E-state index >= 15 is 0 Å². The van der Waals surface area contributed by atoms with Crippen molar-refractivity contribution in [2.45, 2.75) is 122 Å². The summed E-state index contributed by atoms with van der Waals surface area (Å²) < 4.78 is 102. The highest BCUT2D eigenvalue weighted by molar-refractivity contribution is 8.33. The van der Waals surface area contributed by atoms with Gasteiger partial charge in [-0.3, -0.25) is 0 Å². The van der Waals surface area contributed by atoms with Gasteiger partial charge in [0.1, 0.15) is 0 Å². The lowest BCUT2D eigenvalue weighted by atomic mass is 10.2. The Balaban J connectivity index is 3.33. The number of rotatable bonds is 21. The molecule has 0 aliphatic heterocycles. The Kier molecular flexibility index (Phi) is 16.3. The van der Waals surface area contributed by atoms with E-state index in [1.165, 1.54) is 0 Å². The molecular formula is C27H45F5O3S2. The van der Waals surface area contributed by atoms with Crippen LogP contribution in [0.15, 0.2) is 4.90 Å². The fourth-order valence-electron chi connectivity index (χ4n) is 4.34. The molecule has 0 saturated carbocycles. The van der Waals surface area contributed by atoms with E-state index in [0.717, 1.165) is 77.0 Å². The van der Waals surface area contributed by atoms with Crippen LogP contribution < -0.4 is 0 Å². The second kappa shape index (κ2) is 17.7. The van der Waals surface area contributed by atoms with E-state index in [1.807, 2.05) is 0 Å². The lowest BCUT2D eigenvalue weighted by Gasteiger charge is -2.39. The fourth-order valence-corrected chi connectivity index (χ4v) is 10.4. The van der Waals surface area contributed by atoms with Crippen LogP contribution in [-0.4, -0.2) is 25.7 Å². The van der Waals surface area contributed by atoms with Crippen LogP contribution in [0.5, 0.6) is 0 Å². The van der Waals surface area contributed by atoms with Crippen molar-refractivity contribution in [3.05, 3.63) is 29.1 Å². The summed E-state index contributed by atoms with van der Waals surface area (Å²) in [6, 6.07) is 0. The first-order valence-electron chi connectivity index (χ1n) is 13.8. The SMILES string of the molecule is CCCCCCCS(CCCCCCC)(CCCCCCC)OS(=O)(=O)c1c(F)c(F)c(F)c(F)c1F. The Bertz CT molecular complexity index is 845. The van der Waals surface area contributed by atoms with E-state index in [1.54, 1.807) is 0 Å². The summed E-state index contributed by atoms with van der Waals surface area (Å²) in [4.78, 5) is -1.89. The van der Waals surface area contributed by atoms with Gasteiger partial charge in [0.05, 0.1) is 0 Å². The molecule has 0 aromatic heterocycles. The summed E-state index contributed by atoms with van der Waals surface area (Å²) in [6.45, 7) is 6.26. The van der Waals surface area contributed by atoms with Crippen LogP contribution in [0.4, 0.5) is 22.0 Å². The van der Waals surface area contributed by atoms with Gasteiger partial charge < -0.3 is 0 Å². The zero-order valence-electron chi connectivity index (χ0n) is 22.7. The molecule has 0 unspecified atom stereocenters. The van der Waals surface area contributed by atoms with Gasteiger partial charge in [-0.25, -0.2) is 25.6 Å². The molecule has 1 rings (SSSR count). The van der Waals surface area contributed by atoms with E-state index in [-0.39, 0.29) is 0 Å². The fraction of sp³-hybridized carbons (Fsp3) is 0.778. The first-order chi connectivity index (χ1) is 17.6. The number of halogens is 5.